The summed E-state index contributed by atoms with van der Waals surface area (Å²) < 4.78 is 1.09. The van der Waals surface area contributed by atoms with Gasteiger partial charge in [0.15, 0.2) is 0 Å². The first-order chi connectivity index (χ1) is 9.20. The van der Waals surface area contributed by atoms with Crippen LogP contribution in [-0.2, 0) is 6.54 Å². The fraction of sp³-hybridized carbons (Fsp3) is 0.250. The summed E-state index contributed by atoms with van der Waals surface area (Å²) in [6, 6.07) is 14.4. The molecular formula is C16H17BrClN. The van der Waals surface area contributed by atoms with Crippen LogP contribution >= 0.6 is 27.5 Å². The highest BCUT2D eigenvalue weighted by molar-refractivity contribution is 9.10. The molecule has 0 aromatic heterocycles. The molecule has 0 spiro atoms. The van der Waals surface area contributed by atoms with Gasteiger partial charge in [0.2, 0.25) is 0 Å². The third-order valence-corrected chi connectivity index (χ3v) is 3.73. The second kappa shape index (κ2) is 7.09. The van der Waals surface area contributed by atoms with E-state index in [1.54, 1.807) is 0 Å². The second-order valence-corrected chi connectivity index (χ2v) is 5.84. The quantitative estimate of drug-likeness (QED) is 0.732. The molecule has 0 fully saturated rings. The average molecular weight is 339 g/mol. The SMILES string of the molecule is CCCNCc1ccc(Cl)cc1-c1ccc(Br)cc1. The molecule has 19 heavy (non-hydrogen) atoms. The van der Waals surface area contributed by atoms with Gasteiger partial charge < -0.3 is 5.32 Å². The zero-order valence-electron chi connectivity index (χ0n) is 10.9. The van der Waals surface area contributed by atoms with Crippen LogP contribution in [0.4, 0.5) is 0 Å². The summed E-state index contributed by atoms with van der Waals surface area (Å²) in [5.41, 5.74) is 3.67. The molecule has 0 amide bonds. The Hall–Kier alpha value is -0.830. The van der Waals surface area contributed by atoms with Crippen molar-refractivity contribution in [1.82, 2.24) is 5.32 Å². The highest BCUT2D eigenvalue weighted by atomic mass is 79.9. The molecule has 100 valence electrons. The number of hydrogen-bond donors (Lipinski definition) is 1. The Labute approximate surface area is 128 Å². The molecule has 3 heteroatoms. The minimum Gasteiger partial charge on any atom is -0.313 e. The van der Waals surface area contributed by atoms with E-state index < -0.39 is 0 Å². The molecule has 0 aliphatic carbocycles. The van der Waals surface area contributed by atoms with Gasteiger partial charge in [0, 0.05) is 16.0 Å². The van der Waals surface area contributed by atoms with Gasteiger partial charge in [0.05, 0.1) is 0 Å². The zero-order valence-corrected chi connectivity index (χ0v) is 13.3. The van der Waals surface area contributed by atoms with E-state index in [9.17, 15) is 0 Å². The Morgan fingerprint density at radius 3 is 2.53 bits per heavy atom. The monoisotopic (exact) mass is 337 g/mol. The summed E-state index contributed by atoms with van der Waals surface area (Å²) >= 11 is 9.59. The van der Waals surface area contributed by atoms with Crippen molar-refractivity contribution in [3.63, 3.8) is 0 Å². The maximum atomic E-state index is 6.13. The number of halogens is 2. The van der Waals surface area contributed by atoms with Gasteiger partial charge in [-0.15, -0.1) is 0 Å². The normalized spacial score (nSPS) is 10.7. The van der Waals surface area contributed by atoms with Gasteiger partial charge in [-0.05, 0) is 53.9 Å². The molecule has 2 rings (SSSR count). The Bertz CT molecular complexity index is 537. The van der Waals surface area contributed by atoms with Crippen molar-refractivity contribution in [1.29, 1.82) is 0 Å². The van der Waals surface area contributed by atoms with Gasteiger partial charge in [-0.1, -0.05) is 52.7 Å². The molecule has 0 aliphatic heterocycles. The highest BCUT2D eigenvalue weighted by Crippen LogP contribution is 2.28. The lowest BCUT2D eigenvalue weighted by molar-refractivity contribution is 0.676. The molecular weight excluding hydrogens is 322 g/mol. The van der Waals surface area contributed by atoms with E-state index in [4.69, 9.17) is 11.6 Å². The van der Waals surface area contributed by atoms with Crippen molar-refractivity contribution < 1.29 is 0 Å². The van der Waals surface area contributed by atoms with Crippen LogP contribution in [0.3, 0.4) is 0 Å². The summed E-state index contributed by atoms with van der Waals surface area (Å²) in [5, 5.41) is 4.22. The van der Waals surface area contributed by atoms with E-state index in [0.29, 0.717) is 0 Å². The van der Waals surface area contributed by atoms with Crippen molar-refractivity contribution in [3.8, 4) is 11.1 Å². The van der Waals surface area contributed by atoms with Gasteiger partial charge in [0.25, 0.3) is 0 Å². The predicted molar refractivity (Wildman–Crippen MR) is 86.6 cm³/mol. The van der Waals surface area contributed by atoms with Crippen LogP contribution in [0.25, 0.3) is 11.1 Å². The van der Waals surface area contributed by atoms with Gasteiger partial charge in [0.1, 0.15) is 0 Å². The maximum Gasteiger partial charge on any atom is 0.0412 e. The average Bonchev–Trinajstić information content (AvgIpc) is 2.41. The second-order valence-electron chi connectivity index (χ2n) is 4.49. The topological polar surface area (TPSA) is 12.0 Å². The third-order valence-electron chi connectivity index (χ3n) is 2.97. The molecule has 2 aromatic rings. The highest BCUT2D eigenvalue weighted by Gasteiger charge is 2.06. The van der Waals surface area contributed by atoms with Crippen LogP contribution in [0.2, 0.25) is 5.02 Å². The fourth-order valence-electron chi connectivity index (χ4n) is 2.00. The lowest BCUT2D eigenvalue weighted by Gasteiger charge is -2.11. The zero-order chi connectivity index (χ0) is 13.7. The Balaban J connectivity index is 2.31. The minimum atomic E-state index is 0.775. The molecule has 0 radical (unpaired) electrons. The van der Waals surface area contributed by atoms with Crippen molar-refractivity contribution >= 4 is 27.5 Å². The number of hydrogen-bond acceptors (Lipinski definition) is 1. The fourth-order valence-corrected chi connectivity index (χ4v) is 2.44. The Kier molecular flexibility index (Phi) is 5.44. The molecule has 0 atom stereocenters. The number of nitrogens with one attached hydrogen (secondary N) is 1. The van der Waals surface area contributed by atoms with Crippen molar-refractivity contribution in [2.75, 3.05) is 6.54 Å². The maximum absolute atomic E-state index is 6.13. The first-order valence-electron chi connectivity index (χ1n) is 6.46. The van der Waals surface area contributed by atoms with E-state index in [-0.39, 0.29) is 0 Å². The number of benzene rings is 2. The lowest BCUT2D eigenvalue weighted by atomic mass is 9.99. The molecule has 0 unspecified atom stereocenters. The van der Waals surface area contributed by atoms with Crippen molar-refractivity contribution in [3.05, 3.63) is 57.5 Å². The van der Waals surface area contributed by atoms with E-state index in [1.807, 2.05) is 12.1 Å². The first-order valence-corrected chi connectivity index (χ1v) is 7.63. The lowest BCUT2D eigenvalue weighted by Crippen LogP contribution is -2.14. The molecule has 2 aromatic carbocycles. The molecule has 1 N–H and O–H groups in total. The summed E-state index contributed by atoms with van der Waals surface area (Å²) in [6.45, 7) is 4.07. The third kappa shape index (κ3) is 4.07. The molecule has 0 saturated heterocycles. The summed E-state index contributed by atoms with van der Waals surface area (Å²) in [4.78, 5) is 0. The van der Waals surface area contributed by atoms with Crippen molar-refractivity contribution in [2.45, 2.75) is 19.9 Å². The first kappa shape index (κ1) is 14.6. The molecule has 0 saturated carbocycles. The van der Waals surface area contributed by atoms with E-state index in [2.05, 4.69) is 58.5 Å². The van der Waals surface area contributed by atoms with E-state index >= 15 is 0 Å². The van der Waals surface area contributed by atoms with Crippen LogP contribution in [0.15, 0.2) is 46.9 Å². The number of rotatable bonds is 5. The molecule has 0 heterocycles. The molecule has 0 aliphatic rings. The molecule has 0 bridgehead atoms. The summed E-state index contributed by atoms with van der Waals surface area (Å²) in [5.74, 6) is 0. The molecule has 1 nitrogen and oxygen atoms in total. The summed E-state index contributed by atoms with van der Waals surface area (Å²) in [7, 11) is 0. The van der Waals surface area contributed by atoms with E-state index in [1.165, 1.54) is 16.7 Å². The van der Waals surface area contributed by atoms with Gasteiger partial charge >= 0.3 is 0 Å². The largest absolute Gasteiger partial charge is 0.313 e. The van der Waals surface area contributed by atoms with Crippen LogP contribution < -0.4 is 5.32 Å². The van der Waals surface area contributed by atoms with Crippen LogP contribution in [0, 0.1) is 0 Å². The standard InChI is InChI=1S/C16H17BrClN/c1-2-9-19-11-13-5-8-15(18)10-16(13)12-3-6-14(17)7-4-12/h3-8,10,19H,2,9,11H2,1H3. The van der Waals surface area contributed by atoms with Gasteiger partial charge in [-0.2, -0.15) is 0 Å². The predicted octanol–water partition coefficient (Wildman–Crippen LogP) is 5.27. The minimum absolute atomic E-state index is 0.775. The van der Waals surface area contributed by atoms with Crippen molar-refractivity contribution in [2.24, 2.45) is 0 Å². The Morgan fingerprint density at radius 2 is 1.84 bits per heavy atom. The van der Waals surface area contributed by atoms with Crippen LogP contribution in [-0.4, -0.2) is 6.54 Å². The summed E-state index contributed by atoms with van der Waals surface area (Å²) in [6.07, 6.45) is 1.14. The van der Waals surface area contributed by atoms with Gasteiger partial charge in [-0.25, -0.2) is 0 Å². The van der Waals surface area contributed by atoms with Crippen LogP contribution in [0.5, 0.6) is 0 Å². The van der Waals surface area contributed by atoms with Gasteiger partial charge in [-0.3, -0.25) is 0 Å². The van der Waals surface area contributed by atoms with E-state index in [0.717, 1.165) is 29.0 Å². The smallest absolute Gasteiger partial charge is 0.0412 e. The Morgan fingerprint density at radius 1 is 1.11 bits per heavy atom. The van der Waals surface area contributed by atoms with Crippen LogP contribution in [0.1, 0.15) is 18.9 Å².